The van der Waals surface area contributed by atoms with Crippen LogP contribution in [0.4, 0.5) is 8.78 Å². The maximum absolute atomic E-state index is 14.3. The second kappa shape index (κ2) is 7.13. The van der Waals surface area contributed by atoms with Crippen LogP contribution in [-0.2, 0) is 4.79 Å². The Balaban J connectivity index is 1.46. The van der Waals surface area contributed by atoms with Gasteiger partial charge in [-0.2, -0.15) is 0 Å². The quantitative estimate of drug-likeness (QED) is 0.758. The molecule has 2 atom stereocenters. The van der Waals surface area contributed by atoms with Gasteiger partial charge >= 0.3 is 5.97 Å². The summed E-state index contributed by atoms with van der Waals surface area (Å²) in [4.78, 5) is 15.1. The number of rotatable bonds is 8. The van der Waals surface area contributed by atoms with Crippen molar-refractivity contribution >= 4 is 5.97 Å². The zero-order valence-electron chi connectivity index (χ0n) is 14.5. The SMILES string of the molecule is O=C(O)C1CC1COc1c(F)cc(-c2cccc(OCC3CC3)n2)cc1F. The summed E-state index contributed by atoms with van der Waals surface area (Å²) in [5, 5.41) is 8.87. The van der Waals surface area contributed by atoms with E-state index in [1.165, 1.54) is 0 Å². The summed E-state index contributed by atoms with van der Waals surface area (Å²) in [5.41, 5.74) is 0.685. The van der Waals surface area contributed by atoms with Gasteiger partial charge in [0.25, 0.3) is 0 Å². The number of benzene rings is 1. The third-order valence-corrected chi connectivity index (χ3v) is 4.86. The van der Waals surface area contributed by atoms with Gasteiger partial charge in [0.15, 0.2) is 17.4 Å². The normalized spacial score (nSPS) is 21.0. The first-order valence-electron chi connectivity index (χ1n) is 8.96. The molecule has 142 valence electrons. The number of carboxylic acids is 1. The molecule has 0 saturated heterocycles. The Hall–Kier alpha value is -2.70. The summed E-state index contributed by atoms with van der Waals surface area (Å²) in [7, 11) is 0. The smallest absolute Gasteiger partial charge is 0.306 e. The summed E-state index contributed by atoms with van der Waals surface area (Å²) < 4.78 is 39.5. The molecule has 2 saturated carbocycles. The number of hydrogen-bond donors (Lipinski definition) is 1. The van der Waals surface area contributed by atoms with Crippen molar-refractivity contribution < 1.29 is 28.2 Å². The lowest BCUT2D eigenvalue weighted by Crippen LogP contribution is -2.08. The van der Waals surface area contributed by atoms with E-state index in [2.05, 4.69) is 4.98 Å². The Morgan fingerprint density at radius 1 is 1.15 bits per heavy atom. The minimum absolute atomic E-state index is 0.0209. The molecule has 1 heterocycles. The van der Waals surface area contributed by atoms with Crippen LogP contribution < -0.4 is 9.47 Å². The third-order valence-electron chi connectivity index (χ3n) is 4.86. The molecule has 0 radical (unpaired) electrons. The van der Waals surface area contributed by atoms with Crippen LogP contribution in [0.25, 0.3) is 11.3 Å². The molecule has 27 heavy (non-hydrogen) atoms. The van der Waals surface area contributed by atoms with Crippen molar-refractivity contribution in [2.45, 2.75) is 19.3 Å². The van der Waals surface area contributed by atoms with Crippen LogP contribution in [0.15, 0.2) is 30.3 Å². The van der Waals surface area contributed by atoms with Crippen molar-refractivity contribution in [3.63, 3.8) is 0 Å². The number of pyridine rings is 1. The van der Waals surface area contributed by atoms with Gasteiger partial charge in [0, 0.05) is 17.5 Å². The number of ether oxygens (including phenoxy) is 2. The third kappa shape index (κ3) is 4.18. The number of hydrogen-bond acceptors (Lipinski definition) is 4. The molecule has 2 aliphatic carbocycles. The van der Waals surface area contributed by atoms with Gasteiger partial charge in [-0.3, -0.25) is 4.79 Å². The standard InChI is InChI=1S/C20H19F2NO4/c21-15-7-12(17-2-1-3-18(23-17)26-9-11-4-5-11)8-16(22)19(15)27-10-13-6-14(13)20(24)25/h1-3,7-8,11,13-14H,4-6,9-10H2,(H,24,25). The highest BCUT2D eigenvalue weighted by atomic mass is 19.1. The van der Waals surface area contributed by atoms with E-state index < -0.39 is 29.3 Å². The van der Waals surface area contributed by atoms with Gasteiger partial charge in [0.1, 0.15) is 0 Å². The van der Waals surface area contributed by atoms with Gasteiger partial charge in [-0.1, -0.05) is 6.07 Å². The zero-order valence-corrected chi connectivity index (χ0v) is 14.5. The van der Waals surface area contributed by atoms with Gasteiger partial charge in [-0.15, -0.1) is 0 Å². The maximum Gasteiger partial charge on any atom is 0.306 e. The highest BCUT2D eigenvalue weighted by Crippen LogP contribution is 2.39. The van der Waals surface area contributed by atoms with Crippen LogP contribution in [0.1, 0.15) is 19.3 Å². The van der Waals surface area contributed by atoms with Crippen LogP contribution in [0.2, 0.25) is 0 Å². The van der Waals surface area contributed by atoms with E-state index in [4.69, 9.17) is 14.6 Å². The number of aromatic nitrogens is 1. The molecule has 2 aliphatic rings. The lowest BCUT2D eigenvalue weighted by molar-refractivity contribution is -0.138. The fourth-order valence-electron chi connectivity index (χ4n) is 2.91. The average molecular weight is 375 g/mol. The van der Waals surface area contributed by atoms with Crippen LogP contribution in [0, 0.1) is 29.4 Å². The predicted octanol–water partition coefficient (Wildman–Crippen LogP) is 3.92. The van der Waals surface area contributed by atoms with Gasteiger partial charge in [0.05, 0.1) is 24.8 Å². The molecular weight excluding hydrogens is 356 g/mol. The Kier molecular flexibility index (Phi) is 4.68. The van der Waals surface area contributed by atoms with E-state index in [-0.39, 0.29) is 18.1 Å². The predicted molar refractivity (Wildman–Crippen MR) is 92.5 cm³/mol. The van der Waals surface area contributed by atoms with E-state index in [0.29, 0.717) is 30.5 Å². The van der Waals surface area contributed by atoms with Crippen LogP contribution >= 0.6 is 0 Å². The lowest BCUT2D eigenvalue weighted by atomic mass is 10.1. The second-order valence-electron chi connectivity index (χ2n) is 7.14. The van der Waals surface area contributed by atoms with Gasteiger partial charge < -0.3 is 14.6 Å². The fraction of sp³-hybridized carbons (Fsp3) is 0.400. The van der Waals surface area contributed by atoms with Gasteiger partial charge in [-0.05, 0) is 43.4 Å². The van der Waals surface area contributed by atoms with Gasteiger partial charge in [-0.25, -0.2) is 13.8 Å². The number of carboxylic acid groups (broad SMARTS) is 1. The minimum Gasteiger partial charge on any atom is -0.487 e. The molecule has 2 fully saturated rings. The minimum atomic E-state index is -0.908. The van der Waals surface area contributed by atoms with Crippen molar-refractivity contribution in [1.82, 2.24) is 4.98 Å². The van der Waals surface area contributed by atoms with E-state index in [0.717, 1.165) is 25.0 Å². The van der Waals surface area contributed by atoms with Crippen molar-refractivity contribution in [3.8, 4) is 22.9 Å². The summed E-state index contributed by atoms with van der Waals surface area (Å²) in [5.74, 6) is -2.78. The molecule has 1 N–H and O–H groups in total. The Morgan fingerprint density at radius 2 is 1.89 bits per heavy atom. The maximum atomic E-state index is 14.3. The van der Waals surface area contributed by atoms with Crippen molar-refractivity contribution in [2.24, 2.45) is 17.8 Å². The molecule has 2 aromatic rings. The summed E-state index contributed by atoms with van der Waals surface area (Å²) >= 11 is 0. The highest BCUT2D eigenvalue weighted by molar-refractivity contribution is 5.73. The number of nitrogens with zero attached hydrogens (tertiary/aromatic N) is 1. The van der Waals surface area contributed by atoms with E-state index >= 15 is 0 Å². The molecule has 1 aromatic carbocycles. The van der Waals surface area contributed by atoms with Crippen LogP contribution in [-0.4, -0.2) is 29.3 Å². The number of halogens is 2. The largest absolute Gasteiger partial charge is 0.487 e. The zero-order chi connectivity index (χ0) is 19.0. The first kappa shape index (κ1) is 17.7. The van der Waals surface area contributed by atoms with Crippen molar-refractivity contribution in [2.75, 3.05) is 13.2 Å². The number of carbonyl (C=O) groups is 1. The summed E-state index contributed by atoms with van der Waals surface area (Å²) in [6, 6.07) is 7.41. The fourth-order valence-corrected chi connectivity index (χ4v) is 2.91. The Labute approximate surface area is 154 Å². The molecule has 0 amide bonds. The molecule has 5 nitrogen and oxygen atoms in total. The molecule has 0 bridgehead atoms. The summed E-state index contributed by atoms with van der Waals surface area (Å²) in [6.45, 7) is 0.581. The topological polar surface area (TPSA) is 68.7 Å². The monoisotopic (exact) mass is 375 g/mol. The van der Waals surface area contributed by atoms with Gasteiger partial charge in [0.2, 0.25) is 5.88 Å². The lowest BCUT2D eigenvalue weighted by Gasteiger charge is -2.11. The van der Waals surface area contributed by atoms with Crippen LogP contribution in [0.5, 0.6) is 11.6 Å². The first-order valence-corrected chi connectivity index (χ1v) is 8.96. The molecule has 7 heteroatoms. The highest BCUT2D eigenvalue weighted by Gasteiger charge is 2.43. The molecule has 0 aliphatic heterocycles. The molecule has 1 aromatic heterocycles. The van der Waals surface area contributed by atoms with E-state index in [9.17, 15) is 13.6 Å². The second-order valence-corrected chi connectivity index (χ2v) is 7.14. The molecule has 4 rings (SSSR count). The molecule has 2 unspecified atom stereocenters. The van der Waals surface area contributed by atoms with E-state index in [1.807, 2.05) is 0 Å². The van der Waals surface area contributed by atoms with Crippen LogP contribution in [0.3, 0.4) is 0 Å². The Morgan fingerprint density at radius 3 is 2.52 bits per heavy atom. The van der Waals surface area contributed by atoms with Crippen molar-refractivity contribution in [3.05, 3.63) is 42.0 Å². The molecular formula is C20H19F2NO4. The number of aliphatic carboxylic acids is 1. The molecule has 0 spiro atoms. The Bertz CT molecular complexity index is 846. The first-order chi connectivity index (χ1) is 13.0. The average Bonchev–Trinajstić information content (AvgIpc) is 3.53. The van der Waals surface area contributed by atoms with E-state index in [1.54, 1.807) is 18.2 Å². The van der Waals surface area contributed by atoms with Crippen molar-refractivity contribution in [1.29, 1.82) is 0 Å². The summed E-state index contributed by atoms with van der Waals surface area (Å²) in [6.07, 6.45) is 2.78.